The van der Waals surface area contributed by atoms with Gasteiger partial charge in [-0.2, -0.15) is 0 Å². The second-order valence-electron chi connectivity index (χ2n) is 7.77. The summed E-state index contributed by atoms with van der Waals surface area (Å²) >= 11 is 1.85. The molecule has 0 N–H and O–H groups in total. The summed E-state index contributed by atoms with van der Waals surface area (Å²) in [6, 6.07) is 22.0. The SMILES string of the molecule is C1=CC2c3c(ccc4ccsc34)N(c3ccc4oc5ccccc5c4c3)C2C=C1. The Morgan fingerprint density at radius 2 is 1.72 bits per heavy atom. The number of benzene rings is 3. The molecule has 0 saturated carbocycles. The molecule has 3 heteroatoms. The van der Waals surface area contributed by atoms with Crippen molar-refractivity contribution in [3.8, 4) is 0 Å². The molecule has 1 aliphatic carbocycles. The lowest BCUT2D eigenvalue weighted by atomic mass is 9.91. The third kappa shape index (κ3) is 2.05. The van der Waals surface area contributed by atoms with Gasteiger partial charge in [-0.25, -0.2) is 0 Å². The molecule has 0 fully saturated rings. The minimum absolute atomic E-state index is 0.304. The molecule has 1 aliphatic heterocycles. The standard InChI is InChI=1S/C26H17NOS/c1-3-7-21-19(6-1)25-22(11-9-16-13-14-29-26(16)25)27(21)17-10-12-24-20(15-17)18-5-2-4-8-23(18)28-24/h1-15,19,21H. The van der Waals surface area contributed by atoms with Crippen LogP contribution in [0.3, 0.4) is 0 Å². The highest BCUT2D eigenvalue weighted by Crippen LogP contribution is 2.51. The number of para-hydroxylation sites is 1. The van der Waals surface area contributed by atoms with Crippen LogP contribution in [0.4, 0.5) is 11.4 Å². The van der Waals surface area contributed by atoms with E-state index in [1.54, 1.807) is 0 Å². The smallest absolute Gasteiger partial charge is 0.135 e. The number of rotatable bonds is 1. The average molecular weight is 391 g/mol. The molecular weight excluding hydrogens is 374 g/mol. The van der Waals surface area contributed by atoms with Crippen LogP contribution in [0, 0.1) is 0 Å². The Hall–Kier alpha value is -3.30. The van der Waals surface area contributed by atoms with Gasteiger partial charge in [0, 0.05) is 38.3 Å². The van der Waals surface area contributed by atoms with Gasteiger partial charge in [-0.1, -0.05) is 48.6 Å². The van der Waals surface area contributed by atoms with E-state index in [0.29, 0.717) is 12.0 Å². The van der Waals surface area contributed by atoms with Crippen molar-refractivity contribution in [1.82, 2.24) is 0 Å². The average Bonchev–Trinajstić information content (AvgIpc) is 3.46. The van der Waals surface area contributed by atoms with E-state index in [0.717, 1.165) is 11.2 Å². The Bertz CT molecular complexity index is 1490. The zero-order chi connectivity index (χ0) is 18.9. The van der Waals surface area contributed by atoms with E-state index in [1.807, 2.05) is 23.5 Å². The topological polar surface area (TPSA) is 16.4 Å². The normalized spacial score (nSPS) is 20.1. The molecular formula is C26H17NOS. The number of hydrogen-bond donors (Lipinski definition) is 0. The maximum atomic E-state index is 6.05. The molecule has 5 aromatic rings. The maximum Gasteiger partial charge on any atom is 0.135 e. The molecule has 2 nitrogen and oxygen atoms in total. The minimum Gasteiger partial charge on any atom is -0.456 e. The quantitative estimate of drug-likeness (QED) is 0.294. The first-order valence-electron chi connectivity index (χ1n) is 9.94. The van der Waals surface area contributed by atoms with Gasteiger partial charge >= 0.3 is 0 Å². The Kier molecular flexibility index (Phi) is 3.02. The highest BCUT2D eigenvalue weighted by molar-refractivity contribution is 7.17. The van der Waals surface area contributed by atoms with Crippen LogP contribution in [0.25, 0.3) is 32.0 Å². The summed E-state index contributed by atoms with van der Waals surface area (Å²) < 4.78 is 7.46. The van der Waals surface area contributed by atoms with E-state index in [-0.39, 0.29) is 0 Å². The Labute approximate surface area is 172 Å². The molecule has 3 heterocycles. The lowest BCUT2D eigenvalue weighted by Crippen LogP contribution is -2.28. The molecule has 0 amide bonds. The largest absolute Gasteiger partial charge is 0.456 e. The number of nitrogens with zero attached hydrogens (tertiary/aromatic N) is 1. The molecule has 0 bridgehead atoms. The van der Waals surface area contributed by atoms with Crippen molar-refractivity contribution in [1.29, 1.82) is 0 Å². The Balaban J connectivity index is 1.50. The first-order valence-corrected chi connectivity index (χ1v) is 10.8. The second kappa shape index (κ2) is 5.62. The molecule has 0 radical (unpaired) electrons. The fraction of sp³-hybridized carbons (Fsp3) is 0.0769. The number of thiophene rings is 1. The third-order valence-electron chi connectivity index (χ3n) is 6.27. The van der Waals surface area contributed by atoms with Crippen molar-refractivity contribution < 1.29 is 4.42 Å². The van der Waals surface area contributed by atoms with Crippen LogP contribution in [0.5, 0.6) is 0 Å². The molecule has 2 aliphatic rings. The third-order valence-corrected chi connectivity index (χ3v) is 7.24. The van der Waals surface area contributed by atoms with Crippen molar-refractivity contribution in [2.45, 2.75) is 12.0 Å². The summed E-state index contributed by atoms with van der Waals surface area (Å²) in [5, 5.41) is 5.90. The van der Waals surface area contributed by atoms with Crippen LogP contribution in [-0.2, 0) is 0 Å². The summed E-state index contributed by atoms with van der Waals surface area (Å²) in [6.45, 7) is 0. The van der Waals surface area contributed by atoms with Crippen LogP contribution in [0.2, 0.25) is 0 Å². The number of hydrogen-bond acceptors (Lipinski definition) is 3. The molecule has 0 saturated heterocycles. The van der Waals surface area contributed by atoms with Crippen molar-refractivity contribution in [3.05, 3.63) is 95.9 Å². The van der Waals surface area contributed by atoms with Crippen molar-refractivity contribution in [3.63, 3.8) is 0 Å². The monoisotopic (exact) mass is 391 g/mol. The fourth-order valence-electron chi connectivity index (χ4n) is 5.02. The second-order valence-corrected chi connectivity index (χ2v) is 8.69. The lowest BCUT2D eigenvalue weighted by Gasteiger charge is -2.28. The van der Waals surface area contributed by atoms with E-state index in [2.05, 4.69) is 83.1 Å². The van der Waals surface area contributed by atoms with Crippen LogP contribution < -0.4 is 4.90 Å². The molecule has 7 rings (SSSR count). The number of fused-ring (bicyclic) bond motifs is 8. The van der Waals surface area contributed by atoms with Gasteiger partial charge in [0.05, 0.1) is 6.04 Å². The van der Waals surface area contributed by atoms with Gasteiger partial charge in [-0.15, -0.1) is 11.3 Å². The highest BCUT2D eigenvalue weighted by atomic mass is 32.1. The number of allylic oxidation sites excluding steroid dienone is 2. The fourth-order valence-corrected chi connectivity index (χ4v) is 6.01. The summed E-state index contributed by atoms with van der Waals surface area (Å²) in [5.41, 5.74) is 5.88. The molecule has 0 spiro atoms. The van der Waals surface area contributed by atoms with Gasteiger partial charge in [-0.3, -0.25) is 0 Å². The summed E-state index contributed by atoms with van der Waals surface area (Å²) in [7, 11) is 0. The van der Waals surface area contributed by atoms with E-state index < -0.39 is 0 Å². The van der Waals surface area contributed by atoms with Gasteiger partial charge in [0.2, 0.25) is 0 Å². The Morgan fingerprint density at radius 1 is 0.828 bits per heavy atom. The number of furan rings is 1. The zero-order valence-electron chi connectivity index (χ0n) is 15.6. The predicted molar refractivity (Wildman–Crippen MR) is 122 cm³/mol. The van der Waals surface area contributed by atoms with E-state index in [9.17, 15) is 0 Å². The zero-order valence-corrected chi connectivity index (χ0v) is 16.4. The first kappa shape index (κ1) is 15.6. The van der Waals surface area contributed by atoms with Gasteiger partial charge in [-0.05, 0) is 47.2 Å². The Morgan fingerprint density at radius 3 is 2.72 bits per heavy atom. The van der Waals surface area contributed by atoms with E-state index in [1.165, 1.54) is 37.8 Å². The molecule has 138 valence electrons. The molecule has 3 aromatic carbocycles. The van der Waals surface area contributed by atoms with Crippen molar-refractivity contribution >= 4 is 54.7 Å². The molecule has 2 unspecified atom stereocenters. The molecule has 29 heavy (non-hydrogen) atoms. The van der Waals surface area contributed by atoms with Crippen molar-refractivity contribution in [2.24, 2.45) is 0 Å². The van der Waals surface area contributed by atoms with E-state index in [4.69, 9.17) is 4.42 Å². The summed E-state index contributed by atoms with van der Waals surface area (Å²) in [5.74, 6) is 0.383. The minimum atomic E-state index is 0.304. The van der Waals surface area contributed by atoms with Crippen LogP contribution in [0.15, 0.2) is 94.8 Å². The maximum absolute atomic E-state index is 6.05. The van der Waals surface area contributed by atoms with E-state index >= 15 is 0 Å². The number of anilines is 2. The predicted octanol–water partition coefficient (Wildman–Crippen LogP) is 7.53. The van der Waals surface area contributed by atoms with Gasteiger partial charge in [0.15, 0.2) is 0 Å². The molecule has 2 aromatic heterocycles. The highest BCUT2D eigenvalue weighted by Gasteiger charge is 2.38. The molecule has 2 atom stereocenters. The first-order chi connectivity index (χ1) is 14.4. The van der Waals surface area contributed by atoms with Crippen LogP contribution in [0.1, 0.15) is 11.5 Å². The van der Waals surface area contributed by atoms with Crippen LogP contribution in [-0.4, -0.2) is 6.04 Å². The van der Waals surface area contributed by atoms with Gasteiger partial charge in [0.25, 0.3) is 0 Å². The summed E-state index contributed by atoms with van der Waals surface area (Å²) in [6.07, 6.45) is 9.06. The lowest BCUT2D eigenvalue weighted by molar-refractivity contribution is 0.669. The van der Waals surface area contributed by atoms with Crippen LogP contribution >= 0.6 is 11.3 Å². The summed E-state index contributed by atoms with van der Waals surface area (Å²) in [4.78, 5) is 2.50. The van der Waals surface area contributed by atoms with Gasteiger partial charge in [0.1, 0.15) is 11.2 Å². The van der Waals surface area contributed by atoms with Gasteiger partial charge < -0.3 is 9.32 Å². The van der Waals surface area contributed by atoms with Crippen molar-refractivity contribution in [2.75, 3.05) is 4.90 Å².